The molecular formula is C21H25FN4O4S. The van der Waals surface area contributed by atoms with Gasteiger partial charge < -0.3 is 16.0 Å². The second kappa shape index (κ2) is 9.80. The molecule has 2 aromatic rings. The van der Waals surface area contributed by atoms with Crippen LogP contribution in [0.4, 0.5) is 10.1 Å². The minimum atomic E-state index is -3.71. The molecule has 166 valence electrons. The van der Waals surface area contributed by atoms with E-state index in [1.165, 1.54) is 36.4 Å². The lowest BCUT2D eigenvalue weighted by molar-refractivity contribution is -0.117. The Bertz CT molecular complexity index is 1050. The minimum Gasteiger partial charge on any atom is -0.340 e. The van der Waals surface area contributed by atoms with Gasteiger partial charge in [-0.2, -0.15) is 0 Å². The Balaban J connectivity index is 2.09. The van der Waals surface area contributed by atoms with Gasteiger partial charge in [0.25, 0.3) is 5.91 Å². The standard InChI is InChI=1S/C21H25FN4O4S/c1-21(2,3)26-31(29,30)17-10-8-16(9-11-17)24-20(28)18(12-13-23)25-19(27)14-4-6-15(22)7-5-14/h4-11,13,18,23,26H,12H2,1-3H3,(H,24,28)(H,25,27)/t18-/m0/s1. The largest absolute Gasteiger partial charge is 0.340 e. The number of rotatable bonds is 8. The van der Waals surface area contributed by atoms with Crippen molar-refractivity contribution in [3.8, 4) is 0 Å². The molecule has 0 aliphatic carbocycles. The van der Waals surface area contributed by atoms with Crippen LogP contribution in [0.5, 0.6) is 0 Å². The molecule has 0 heterocycles. The molecule has 0 bridgehead atoms. The van der Waals surface area contributed by atoms with E-state index < -0.39 is 39.2 Å². The second-order valence-electron chi connectivity index (χ2n) is 7.84. The molecule has 0 spiro atoms. The minimum absolute atomic E-state index is 0.0427. The Hall–Kier alpha value is -3.11. The summed E-state index contributed by atoms with van der Waals surface area (Å²) in [4.78, 5) is 24.9. The van der Waals surface area contributed by atoms with Crippen molar-refractivity contribution in [3.63, 3.8) is 0 Å². The number of nitrogens with one attached hydrogen (secondary N) is 4. The molecule has 31 heavy (non-hydrogen) atoms. The Kier molecular flexibility index (Phi) is 7.64. The third-order valence-electron chi connectivity index (χ3n) is 3.95. The highest BCUT2D eigenvalue weighted by atomic mass is 32.2. The molecule has 0 aromatic heterocycles. The molecule has 0 radical (unpaired) electrons. The Morgan fingerprint density at radius 1 is 1.06 bits per heavy atom. The van der Waals surface area contributed by atoms with Crippen LogP contribution in [0.25, 0.3) is 0 Å². The summed E-state index contributed by atoms with van der Waals surface area (Å²) in [5.74, 6) is -1.66. The number of carbonyl (C=O) groups excluding carboxylic acids is 2. The molecule has 1 atom stereocenters. The summed E-state index contributed by atoms with van der Waals surface area (Å²) >= 11 is 0. The fourth-order valence-corrected chi connectivity index (χ4v) is 4.02. The maximum absolute atomic E-state index is 13.0. The van der Waals surface area contributed by atoms with E-state index >= 15 is 0 Å². The topological polar surface area (TPSA) is 128 Å². The summed E-state index contributed by atoms with van der Waals surface area (Å²) in [6.07, 6.45) is 0.934. The van der Waals surface area contributed by atoms with Crippen molar-refractivity contribution in [2.24, 2.45) is 0 Å². The van der Waals surface area contributed by atoms with E-state index in [1.807, 2.05) is 0 Å². The van der Waals surface area contributed by atoms with Gasteiger partial charge in [-0.15, -0.1) is 0 Å². The van der Waals surface area contributed by atoms with Gasteiger partial charge in [-0.3, -0.25) is 9.59 Å². The van der Waals surface area contributed by atoms with Crippen LogP contribution < -0.4 is 15.4 Å². The van der Waals surface area contributed by atoms with Crippen molar-refractivity contribution in [2.45, 2.75) is 43.7 Å². The lowest BCUT2D eigenvalue weighted by atomic mass is 10.1. The summed E-state index contributed by atoms with van der Waals surface area (Å²) in [5.41, 5.74) is -0.148. The van der Waals surface area contributed by atoms with Crippen LogP contribution in [0.2, 0.25) is 0 Å². The molecule has 0 unspecified atom stereocenters. The molecule has 0 aliphatic rings. The van der Waals surface area contributed by atoms with Gasteiger partial charge >= 0.3 is 0 Å². The van der Waals surface area contributed by atoms with Gasteiger partial charge in [0, 0.05) is 23.2 Å². The summed E-state index contributed by atoms with van der Waals surface area (Å²) < 4.78 is 40.3. The molecule has 0 saturated heterocycles. The fourth-order valence-electron chi connectivity index (χ4n) is 2.60. The maximum atomic E-state index is 13.0. The molecule has 0 fully saturated rings. The first-order valence-corrected chi connectivity index (χ1v) is 10.9. The lowest BCUT2D eigenvalue weighted by Gasteiger charge is -2.20. The van der Waals surface area contributed by atoms with Crippen molar-refractivity contribution < 1.29 is 22.4 Å². The fraction of sp³-hybridized carbons (Fsp3) is 0.286. The zero-order valence-electron chi connectivity index (χ0n) is 17.4. The van der Waals surface area contributed by atoms with E-state index in [1.54, 1.807) is 20.8 Å². The highest BCUT2D eigenvalue weighted by Gasteiger charge is 2.23. The monoisotopic (exact) mass is 448 g/mol. The molecule has 2 rings (SSSR count). The number of halogens is 1. The van der Waals surface area contributed by atoms with Crippen LogP contribution in [-0.2, 0) is 14.8 Å². The van der Waals surface area contributed by atoms with E-state index in [9.17, 15) is 22.4 Å². The predicted octanol–water partition coefficient (Wildman–Crippen LogP) is 2.68. The predicted molar refractivity (Wildman–Crippen MR) is 116 cm³/mol. The molecular weight excluding hydrogens is 423 g/mol. The molecule has 2 amide bonds. The van der Waals surface area contributed by atoms with Crippen LogP contribution in [0.15, 0.2) is 53.4 Å². The Morgan fingerprint density at radius 3 is 2.16 bits per heavy atom. The number of hydrogen-bond acceptors (Lipinski definition) is 5. The zero-order chi connectivity index (χ0) is 23.2. The van der Waals surface area contributed by atoms with Gasteiger partial charge in [-0.1, -0.05) is 0 Å². The van der Waals surface area contributed by atoms with Gasteiger partial charge in [0.2, 0.25) is 15.9 Å². The van der Waals surface area contributed by atoms with Crippen LogP contribution in [-0.4, -0.2) is 38.0 Å². The molecule has 4 N–H and O–H groups in total. The van der Waals surface area contributed by atoms with E-state index in [2.05, 4.69) is 15.4 Å². The lowest BCUT2D eigenvalue weighted by Crippen LogP contribution is -2.44. The van der Waals surface area contributed by atoms with E-state index in [-0.39, 0.29) is 16.9 Å². The van der Waals surface area contributed by atoms with Gasteiger partial charge in [-0.25, -0.2) is 17.5 Å². The molecule has 2 aromatic carbocycles. The van der Waals surface area contributed by atoms with Gasteiger partial charge in [0.15, 0.2) is 0 Å². The van der Waals surface area contributed by atoms with Crippen molar-refractivity contribution in [3.05, 3.63) is 59.9 Å². The normalized spacial score (nSPS) is 12.6. The number of anilines is 1. The highest BCUT2D eigenvalue weighted by Crippen LogP contribution is 2.16. The van der Waals surface area contributed by atoms with E-state index in [4.69, 9.17) is 5.41 Å². The summed E-state index contributed by atoms with van der Waals surface area (Å²) in [5, 5.41) is 12.4. The summed E-state index contributed by atoms with van der Waals surface area (Å²) in [6, 6.07) is 9.36. The van der Waals surface area contributed by atoms with Crippen LogP contribution >= 0.6 is 0 Å². The summed E-state index contributed by atoms with van der Waals surface area (Å²) in [7, 11) is -3.71. The number of sulfonamides is 1. The smallest absolute Gasteiger partial charge is 0.251 e. The number of hydrogen-bond donors (Lipinski definition) is 4. The first-order chi connectivity index (χ1) is 14.4. The molecule has 0 saturated carbocycles. The average molecular weight is 449 g/mol. The third kappa shape index (κ3) is 7.26. The van der Waals surface area contributed by atoms with Gasteiger partial charge in [0.05, 0.1) is 4.90 Å². The van der Waals surface area contributed by atoms with Gasteiger partial charge in [0.1, 0.15) is 11.9 Å². The van der Waals surface area contributed by atoms with Crippen LogP contribution in [0.1, 0.15) is 37.6 Å². The van der Waals surface area contributed by atoms with E-state index in [0.29, 0.717) is 5.69 Å². The first kappa shape index (κ1) is 24.2. The van der Waals surface area contributed by atoms with Crippen LogP contribution in [0.3, 0.4) is 0 Å². The highest BCUT2D eigenvalue weighted by molar-refractivity contribution is 7.89. The SMILES string of the molecule is CC(C)(C)NS(=O)(=O)c1ccc(NC(=O)[C@H](CC=N)NC(=O)c2ccc(F)cc2)cc1. The third-order valence-corrected chi connectivity index (χ3v) is 5.73. The molecule has 8 nitrogen and oxygen atoms in total. The molecule has 10 heteroatoms. The van der Waals surface area contributed by atoms with Crippen molar-refractivity contribution in [1.82, 2.24) is 10.0 Å². The zero-order valence-corrected chi connectivity index (χ0v) is 18.2. The number of amides is 2. The average Bonchev–Trinajstić information content (AvgIpc) is 2.66. The van der Waals surface area contributed by atoms with Crippen molar-refractivity contribution in [1.29, 1.82) is 5.41 Å². The number of benzene rings is 2. The first-order valence-electron chi connectivity index (χ1n) is 9.41. The Morgan fingerprint density at radius 2 is 1.65 bits per heavy atom. The van der Waals surface area contributed by atoms with Crippen molar-refractivity contribution in [2.75, 3.05) is 5.32 Å². The summed E-state index contributed by atoms with van der Waals surface area (Å²) in [6.45, 7) is 5.18. The van der Waals surface area contributed by atoms with Gasteiger partial charge in [-0.05, 0) is 75.5 Å². The quantitative estimate of drug-likeness (QED) is 0.463. The maximum Gasteiger partial charge on any atom is 0.251 e. The Labute approximate surface area is 180 Å². The van der Waals surface area contributed by atoms with E-state index in [0.717, 1.165) is 18.3 Å². The van der Waals surface area contributed by atoms with Crippen molar-refractivity contribution >= 4 is 33.7 Å². The number of carbonyl (C=O) groups is 2. The second-order valence-corrected chi connectivity index (χ2v) is 9.52. The molecule has 0 aliphatic heterocycles. The van der Waals surface area contributed by atoms with Crippen LogP contribution in [0, 0.1) is 11.2 Å².